The Bertz CT molecular complexity index is 1520. The molecule has 0 bridgehead atoms. The van der Waals surface area contributed by atoms with E-state index in [1.54, 1.807) is 12.1 Å². The summed E-state index contributed by atoms with van der Waals surface area (Å²) >= 11 is 0. The molecule has 3 N–H and O–H groups in total. The molecule has 2 fully saturated rings. The number of anilines is 1. The summed E-state index contributed by atoms with van der Waals surface area (Å²) in [5, 5.41) is 6.38. The smallest absolute Gasteiger partial charge is 0.328 e. The summed E-state index contributed by atoms with van der Waals surface area (Å²) in [7, 11) is 0. The minimum absolute atomic E-state index is 0.0133. The lowest BCUT2D eigenvalue weighted by molar-refractivity contribution is -0.117. The second kappa shape index (κ2) is 10.1. The largest absolute Gasteiger partial charge is 0.331 e. The van der Waals surface area contributed by atoms with Gasteiger partial charge < -0.3 is 20.5 Å². The van der Waals surface area contributed by atoms with Gasteiger partial charge in [-0.2, -0.15) is 0 Å². The molecular formula is C30H29N5O3. The molecule has 6 rings (SSSR count). The normalized spacial score (nSPS) is 17.3. The molecular weight excluding hydrogens is 478 g/mol. The van der Waals surface area contributed by atoms with Gasteiger partial charge in [-0.05, 0) is 30.5 Å². The van der Waals surface area contributed by atoms with Crippen LogP contribution >= 0.6 is 0 Å². The van der Waals surface area contributed by atoms with E-state index in [-0.39, 0.29) is 29.5 Å². The molecule has 4 aromatic rings. The van der Waals surface area contributed by atoms with Crippen LogP contribution < -0.4 is 16.3 Å². The molecule has 1 saturated carbocycles. The minimum Gasteiger partial charge on any atom is -0.328 e. The molecule has 1 saturated heterocycles. The van der Waals surface area contributed by atoms with Gasteiger partial charge in [0.1, 0.15) is 5.69 Å². The summed E-state index contributed by atoms with van der Waals surface area (Å²) in [5.41, 5.74) is 3.07. The van der Waals surface area contributed by atoms with Gasteiger partial charge >= 0.3 is 5.69 Å². The number of carbonyl (C=O) groups is 2. The number of nitrogens with one attached hydrogen (secondary N) is 3. The lowest BCUT2D eigenvalue weighted by atomic mass is 10.0. The van der Waals surface area contributed by atoms with Crippen molar-refractivity contribution < 1.29 is 9.59 Å². The summed E-state index contributed by atoms with van der Waals surface area (Å²) in [6.45, 7) is 1.79. The Hall–Kier alpha value is -4.43. The van der Waals surface area contributed by atoms with Crippen LogP contribution in [0.3, 0.4) is 0 Å². The maximum atomic E-state index is 14.2. The summed E-state index contributed by atoms with van der Waals surface area (Å²) in [5.74, 6) is -0.279. The molecule has 2 amide bonds. The maximum absolute atomic E-state index is 14.2. The van der Waals surface area contributed by atoms with E-state index in [0.29, 0.717) is 36.7 Å². The summed E-state index contributed by atoms with van der Waals surface area (Å²) in [6, 6.07) is 26.4. The minimum atomic E-state index is -0.438. The fraction of sp³-hybridized carbons (Fsp3) is 0.233. The Balaban J connectivity index is 1.48. The zero-order chi connectivity index (χ0) is 26.1. The number of piperazine rings is 1. The van der Waals surface area contributed by atoms with E-state index in [4.69, 9.17) is 0 Å². The van der Waals surface area contributed by atoms with Gasteiger partial charge in [0.25, 0.3) is 5.91 Å². The Morgan fingerprint density at radius 1 is 0.868 bits per heavy atom. The predicted octanol–water partition coefficient (Wildman–Crippen LogP) is 3.97. The van der Waals surface area contributed by atoms with E-state index >= 15 is 0 Å². The maximum Gasteiger partial charge on any atom is 0.331 e. The molecule has 8 nitrogen and oxygen atoms in total. The molecule has 1 atom stereocenters. The Kier molecular flexibility index (Phi) is 6.39. The second-order valence-corrected chi connectivity index (χ2v) is 9.77. The zero-order valence-electron chi connectivity index (χ0n) is 20.9. The number of nitrogens with zero attached hydrogens (tertiary/aromatic N) is 2. The Labute approximate surface area is 220 Å². The number of imidazole rings is 1. The molecule has 0 radical (unpaired) electrons. The number of amides is 2. The van der Waals surface area contributed by atoms with Gasteiger partial charge in [-0.1, -0.05) is 72.8 Å². The highest BCUT2D eigenvalue weighted by molar-refractivity contribution is 6.00. The van der Waals surface area contributed by atoms with Crippen LogP contribution in [0.5, 0.6) is 0 Å². The number of hydrogen-bond donors (Lipinski definition) is 3. The van der Waals surface area contributed by atoms with Crippen molar-refractivity contribution in [1.29, 1.82) is 0 Å². The Morgan fingerprint density at radius 3 is 2.29 bits per heavy atom. The number of aromatic nitrogens is 2. The average molecular weight is 508 g/mol. The molecule has 3 aromatic carbocycles. The quantitative estimate of drug-likeness (QED) is 0.368. The third-order valence-electron chi connectivity index (χ3n) is 7.20. The molecule has 2 aliphatic rings. The van der Waals surface area contributed by atoms with Gasteiger partial charge in [0.05, 0.1) is 23.1 Å². The summed E-state index contributed by atoms with van der Waals surface area (Å²) < 4.78 is 1.50. The van der Waals surface area contributed by atoms with Gasteiger partial charge in [-0.25, -0.2) is 4.79 Å². The lowest BCUT2D eigenvalue weighted by Crippen LogP contribution is -2.49. The predicted molar refractivity (Wildman–Crippen MR) is 146 cm³/mol. The van der Waals surface area contributed by atoms with Gasteiger partial charge in [-0.15, -0.1) is 0 Å². The number of hydrogen-bond acceptors (Lipinski definition) is 4. The molecule has 1 aliphatic heterocycles. The second-order valence-electron chi connectivity index (χ2n) is 9.77. The highest BCUT2D eigenvalue weighted by Crippen LogP contribution is 2.33. The number of para-hydroxylation sites is 2. The van der Waals surface area contributed by atoms with E-state index in [1.165, 1.54) is 4.57 Å². The Morgan fingerprint density at radius 2 is 1.55 bits per heavy atom. The van der Waals surface area contributed by atoms with Gasteiger partial charge in [0.2, 0.25) is 5.91 Å². The first-order valence-corrected chi connectivity index (χ1v) is 13.0. The molecule has 1 unspecified atom stereocenters. The fourth-order valence-electron chi connectivity index (χ4n) is 5.11. The van der Waals surface area contributed by atoms with Crippen LogP contribution in [0.4, 0.5) is 5.69 Å². The van der Waals surface area contributed by atoms with Crippen LogP contribution in [-0.4, -0.2) is 45.9 Å². The summed E-state index contributed by atoms with van der Waals surface area (Å²) in [6.07, 6.45) is 1.75. The molecule has 38 heavy (non-hydrogen) atoms. The van der Waals surface area contributed by atoms with Crippen molar-refractivity contribution >= 4 is 17.5 Å². The van der Waals surface area contributed by atoms with Crippen LogP contribution in [0.25, 0.3) is 16.9 Å². The van der Waals surface area contributed by atoms with Crippen molar-refractivity contribution in [3.8, 4) is 16.9 Å². The SMILES string of the molecule is O=C(Nc1ccccc1-n1c(-c2ccccc2)c(C(=O)N2CCNCC2c2ccccc2)[nH]c1=O)C1CC1. The number of rotatable bonds is 6. The first-order chi connectivity index (χ1) is 18.6. The number of aromatic amines is 1. The summed E-state index contributed by atoms with van der Waals surface area (Å²) in [4.78, 5) is 45.1. The average Bonchev–Trinajstić information content (AvgIpc) is 3.77. The molecule has 8 heteroatoms. The molecule has 1 aliphatic carbocycles. The van der Waals surface area contributed by atoms with E-state index in [9.17, 15) is 14.4 Å². The first-order valence-electron chi connectivity index (χ1n) is 13.0. The molecule has 1 aromatic heterocycles. The monoisotopic (exact) mass is 507 g/mol. The first kappa shape index (κ1) is 23.9. The fourth-order valence-corrected chi connectivity index (χ4v) is 5.11. The lowest BCUT2D eigenvalue weighted by Gasteiger charge is -2.36. The van der Waals surface area contributed by atoms with E-state index < -0.39 is 5.69 Å². The van der Waals surface area contributed by atoms with Crippen molar-refractivity contribution in [2.75, 3.05) is 25.0 Å². The topological polar surface area (TPSA) is 99.2 Å². The number of carbonyl (C=O) groups excluding carboxylic acids is 2. The van der Waals surface area contributed by atoms with Crippen molar-refractivity contribution in [3.63, 3.8) is 0 Å². The van der Waals surface area contributed by atoms with Crippen molar-refractivity contribution in [2.24, 2.45) is 5.92 Å². The highest BCUT2D eigenvalue weighted by Gasteiger charge is 2.34. The van der Waals surface area contributed by atoms with Crippen LogP contribution in [-0.2, 0) is 4.79 Å². The van der Waals surface area contributed by atoms with Crippen LogP contribution in [0, 0.1) is 5.92 Å². The molecule has 2 heterocycles. The van der Waals surface area contributed by atoms with Crippen molar-refractivity contribution in [2.45, 2.75) is 18.9 Å². The molecule has 192 valence electrons. The molecule has 0 spiro atoms. The van der Waals surface area contributed by atoms with E-state index in [2.05, 4.69) is 15.6 Å². The number of H-pyrrole nitrogens is 1. The standard InChI is InChI=1S/C30H29N5O3/c36-28(22-15-16-22)32-23-13-7-8-14-24(23)35-27(21-11-5-2-6-12-21)26(33-30(35)38)29(37)34-18-17-31-19-25(34)20-9-3-1-4-10-20/h1-14,22,25,31H,15-19H2,(H,32,36)(H,33,38). The third-order valence-corrected chi connectivity index (χ3v) is 7.20. The van der Waals surface area contributed by atoms with Gasteiger partial charge in [0.15, 0.2) is 0 Å². The van der Waals surface area contributed by atoms with Gasteiger partial charge in [-0.3, -0.25) is 14.2 Å². The van der Waals surface area contributed by atoms with Crippen LogP contribution in [0.2, 0.25) is 0 Å². The van der Waals surface area contributed by atoms with Gasteiger partial charge in [0, 0.05) is 31.1 Å². The highest BCUT2D eigenvalue weighted by atomic mass is 16.2. The van der Waals surface area contributed by atoms with E-state index in [0.717, 1.165) is 24.0 Å². The third kappa shape index (κ3) is 4.54. The van der Waals surface area contributed by atoms with Crippen LogP contribution in [0.1, 0.15) is 34.9 Å². The number of benzene rings is 3. The van der Waals surface area contributed by atoms with Crippen molar-refractivity contribution in [1.82, 2.24) is 19.8 Å². The van der Waals surface area contributed by atoms with E-state index in [1.807, 2.05) is 77.7 Å². The van der Waals surface area contributed by atoms with Crippen molar-refractivity contribution in [3.05, 3.63) is 107 Å². The zero-order valence-corrected chi connectivity index (χ0v) is 20.9. The van der Waals surface area contributed by atoms with Crippen LogP contribution in [0.15, 0.2) is 89.7 Å².